The highest BCUT2D eigenvalue weighted by Crippen LogP contribution is 2.22. The molecule has 0 saturated carbocycles. The number of nitrogens with zero attached hydrogens (tertiary/aromatic N) is 1. The van der Waals surface area contributed by atoms with Gasteiger partial charge in [-0.15, -0.1) is 0 Å². The summed E-state index contributed by atoms with van der Waals surface area (Å²) < 4.78 is 0. The Kier molecular flexibility index (Phi) is 4.70. The van der Waals surface area contributed by atoms with Gasteiger partial charge in [-0.25, -0.2) is 4.79 Å². The molecule has 0 aliphatic rings. The molecular formula is C14H20N2O4. The van der Waals surface area contributed by atoms with Crippen molar-refractivity contribution in [2.45, 2.75) is 40.2 Å². The number of amides is 1. The van der Waals surface area contributed by atoms with E-state index < -0.39 is 17.9 Å². The van der Waals surface area contributed by atoms with Gasteiger partial charge in [0.05, 0.1) is 0 Å². The summed E-state index contributed by atoms with van der Waals surface area (Å²) in [6.07, 6.45) is 0.523. The number of carboxylic acid groups (broad SMARTS) is 1. The average molecular weight is 280 g/mol. The predicted octanol–water partition coefficient (Wildman–Crippen LogP) is 1.63. The molecule has 1 aromatic rings. The molecule has 20 heavy (non-hydrogen) atoms. The number of aromatic nitrogens is 1. The number of H-pyrrole nitrogens is 1. The number of Topliss-reactive ketones (excluding diaryl/α,β-unsaturated/α-hetero) is 1. The summed E-state index contributed by atoms with van der Waals surface area (Å²) in [7, 11) is 1.43. The van der Waals surface area contributed by atoms with E-state index >= 15 is 0 Å². The predicted molar refractivity (Wildman–Crippen MR) is 74.1 cm³/mol. The highest BCUT2D eigenvalue weighted by Gasteiger charge is 2.28. The number of aromatic amines is 1. The van der Waals surface area contributed by atoms with Gasteiger partial charge in [-0.2, -0.15) is 0 Å². The van der Waals surface area contributed by atoms with Gasteiger partial charge in [0.25, 0.3) is 5.91 Å². The summed E-state index contributed by atoms with van der Waals surface area (Å²) in [5.74, 6) is -1.61. The number of likely N-dealkylation sites (N-methyl/N-ethyl adjacent to an activating group) is 1. The number of carbonyl (C=O) groups excluding carboxylic acids is 2. The summed E-state index contributed by atoms with van der Waals surface area (Å²) in [4.78, 5) is 39.1. The monoisotopic (exact) mass is 280 g/mol. The Hall–Kier alpha value is -2.11. The SMILES string of the molecule is CCc1c(C(=O)N(C)C(C)C(=O)O)[nH]c(C)c1C(C)=O. The van der Waals surface area contributed by atoms with Crippen LogP contribution < -0.4 is 0 Å². The van der Waals surface area contributed by atoms with E-state index in [1.165, 1.54) is 20.9 Å². The van der Waals surface area contributed by atoms with Crippen molar-refractivity contribution in [2.24, 2.45) is 0 Å². The first-order valence-corrected chi connectivity index (χ1v) is 6.44. The summed E-state index contributed by atoms with van der Waals surface area (Å²) >= 11 is 0. The number of hydrogen-bond acceptors (Lipinski definition) is 3. The molecule has 0 aromatic carbocycles. The fourth-order valence-electron chi connectivity index (χ4n) is 2.21. The molecule has 0 aliphatic carbocycles. The fraction of sp³-hybridized carbons (Fsp3) is 0.500. The standard InChI is InChI=1S/C14H20N2O4/c1-6-10-11(9(4)17)7(2)15-12(10)13(18)16(5)8(3)14(19)20/h8,15H,6H2,1-5H3,(H,19,20). The maximum Gasteiger partial charge on any atom is 0.326 e. The third-order valence-corrected chi connectivity index (χ3v) is 3.47. The Bertz CT molecular complexity index is 560. The van der Waals surface area contributed by atoms with E-state index in [4.69, 9.17) is 5.11 Å². The molecule has 0 fully saturated rings. The molecule has 0 radical (unpaired) electrons. The maximum absolute atomic E-state index is 12.4. The number of rotatable bonds is 5. The Morgan fingerprint density at radius 1 is 1.35 bits per heavy atom. The topological polar surface area (TPSA) is 90.5 Å². The fourth-order valence-corrected chi connectivity index (χ4v) is 2.21. The summed E-state index contributed by atoms with van der Waals surface area (Å²) in [6.45, 7) is 6.47. The van der Waals surface area contributed by atoms with Crippen molar-refractivity contribution in [3.05, 3.63) is 22.5 Å². The van der Waals surface area contributed by atoms with Crippen LogP contribution in [-0.2, 0) is 11.2 Å². The summed E-state index contributed by atoms with van der Waals surface area (Å²) in [5.41, 5.74) is 2.09. The van der Waals surface area contributed by atoms with Crippen molar-refractivity contribution in [2.75, 3.05) is 7.05 Å². The molecule has 1 unspecified atom stereocenters. The molecule has 0 saturated heterocycles. The van der Waals surface area contributed by atoms with E-state index in [0.717, 1.165) is 4.90 Å². The first-order chi connectivity index (χ1) is 9.22. The molecular weight excluding hydrogens is 260 g/mol. The van der Waals surface area contributed by atoms with Gasteiger partial charge < -0.3 is 15.0 Å². The summed E-state index contributed by atoms with van der Waals surface area (Å²) in [6, 6.07) is -0.934. The van der Waals surface area contributed by atoms with Crippen molar-refractivity contribution < 1.29 is 19.5 Å². The number of hydrogen-bond donors (Lipinski definition) is 2. The lowest BCUT2D eigenvalue weighted by Gasteiger charge is -2.21. The van der Waals surface area contributed by atoms with Crippen LogP contribution in [-0.4, -0.2) is 45.7 Å². The van der Waals surface area contributed by atoms with Crippen LogP contribution in [0.1, 0.15) is 52.9 Å². The molecule has 0 aliphatic heterocycles. The van der Waals surface area contributed by atoms with Crippen LogP contribution in [0.25, 0.3) is 0 Å². The lowest BCUT2D eigenvalue weighted by molar-refractivity contribution is -0.141. The number of carboxylic acids is 1. The van der Waals surface area contributed by atoms with Crippen molar-refractivity contribution in [1.29, 1.82) is 0 Å². The number of carbonyl (C=O) groups is 3. The first kappa shape index (κ1) is 15.9. The zero-order chi connectivity index (χ0) is 15.6. The van der Waals surface area contributed by atoms with Crippen LogP contribution in [0.5, 0.6) is 0 Å². The lowest BCUT2D eigenvalue weighted by atomic mass is 10.0. The third-order valence-electron chi connectivity index (χ3n) is 3.47. The van der Waals surface area contributed by atoms with E-state index in [0.29, 0.717) is 28.9 Å². The number of nitrogens with one attached hydrogen (secondary N) is 1. The first-order valence-electron chi connectivity index (χ1n) is 6.44. The van der Waals surface area contributed by atoms with Crippen LogP contribution in [0.4, 0.5) is 0 Å². The smallest absolute Gasteiger partial charge is 0.326 e. The van der Waals surface area contributed by atoms with Crippen molar-refractivity contribution in [3.63, 3.8) is 0 Å². The van der Waals surface area contributed by atoms with Crippen LogP contribution in [0, 0.1) is 6.92 Å². The van der Waals surface area contributed by atoms with Gasteiger partial charge in [0.2, 0.25) is 0 Å². The molecule has 110 valence electrons. The van der Waals surface area contributed by atoms with E-state index in [1.807, 2.05) is 6.92 Å². The Balaban J connectivity index is 3.27. The zero-order valence-electron chi connectivity index (χ0n) is 12.4. The Morgan fingerprint density at radius 3 is 2.30 bits per heavy atom. The van der Waals surface area contributed by atoms with Crippen LogP contribution in [0.2, 0.25) is 0 Å². The van der Waals surface area contributed by atoms with Gasteiger partial charge in [0.15, 0.2) is 5.78 Å². The van der Waals surface area contributed by atoms with Gasteiger partial charge in [-0.1, -0.05) is 6.92 Å². The highest BCUT2D eigenvalue weighted by molar-refractivity contribution is 6.03. The number of ketones is 1. The largest absolute Gasteiger partial charge is 0.480 e. The molecule has 0 bridgehead atoms. The van der Waals surface area contributed by atoms with Crippen molar-refractivity contribution >= 4 is 17.7 Å². The van der Waals surface area contributed by atoms with Gasteiger partial charge in [0, 0.05) is 18.3 Å². The van der Waals surface area contributed by atoms with E-state index in [2.05, 4.69) is 4.98 Å². The average Bonchev–Trinajstić information content (AvgIpc) is 2.72. The van der Waals surface area contributed by atoms with Crippen molar-refractivity contribution in [3.8, 4) is 0 Å². The molecule has 6 nitrogen and oxygen atoms in total. The second-order valence-corrected chi connectivity index (χ2v) is 4.82. The van der Waals surface area contributed by atoms with Crippen LogP contribution in [0.15, 0.2) is 0 Å². The lowest BCUT2D eigenvalue weighted by Crippen LogP contribution is -2.40. The van der Waals surface area contributed by atoms with Gasteiger partial charge >= 0.3 is 5.97 Å². The van der Waals surface area contributed by atoms with Gasteiger partial charge in [0.1, 0.15) is 11.7 Å². The second-order valence-electron chi connectivity index (χ2n) is 4.82. The minimum atomic E-state index is -1.08. The van der Waals surface area contributed by atoms with Gasteiger partial charge in [-0.05, 0) is 32.8 Å². The second kappa shape index (κ2) is 5.90. The Labute approximate surface area is 117 Å². The van der Waals surface area contributed by atoms with E-state index in [1.54, 1.807) is 6.92 Å². The Morgan fingerprint density at radius 2 is 1.90 bits per heavy atom. The molecule has 1 atom stereocenters. The minimum absolute atomic E-state index is 0.108. The van der Waals surface area contributed by atoms with E-state index in [9.17, 15) is 14.4 Å². The molecule has 6 heteroatoms. The highest BCUT2D eigenvalue weighted by atomic mass is 16.4. The number of aliphatic carboxylic acids is 1. The van der Waals surface area contributed by atoms with Crippen LogP contribution >= 0.6 is 0 Å². The molecule has 1 amide bonds. The van der Waals surface area contributed by atoms with E-state index in [-0.39, 0.29) is 5.78 Å². The molecule has 1 rings (SSSR count). The third kappa shape index (κ3) is 2.74. The molecule has 1 heterocycles. The molecule has 0 spiro atoms. The zero-order valence-corrected chi connectivity index (χ0v) is 12.4. The van der Waals surface area contributed by atoms with Gasteiger partial charge in [-0.3, -0.25) is 9.59 Å². The maximum atomic E-state index is 12.4. The van der Waals surface area contributed by atoms with Crippen molar-refractivity contribution in [1.82, 2.24) is 9.88 Å². The summed E-state index contributed by atoms with van der Waals surface area (Å²) in [5, 5.41) is 8.96. The quantitative estimate of drug-likeness (QED) is 0.802. The minimum Gasteiger partial charge on any atom is -0.480 e. The molecule has 2 N–H and O–H groups in total. The number of aryl methyl sites for hydroxylation is 1. The normalized spacial score (nSPS) is 12.1. The van der Waals surface area contributed by atoms with Crippen LogP contribution in [0.3, 0.4) is 0 Å². The molecule has 1 aromatic heterocycles.